The van der Waals surface area contributed by atoms with E-state index in [-0.39, 0.29) is 18.1 Å². The third kappa shape index (κ3) is 6.37. The van der Waals surface area contributed by atoms with Crippen LogP contribution in [-0.2, 0) is 18.0 Å². The molecule has 2 saturated heterocycles. The fraction of sp³-hybridized carbons (Fsp3) is 0.379. The first-order valence-electron chi connectivity index (χ1n) is 13.1. The number of ether oxygens (including phenoxy) is 2. The predicted molar refractivity (Wildman–Crippen MR) is 161 cm³/mol. The Morgan fingerprint density at radius 2 is 1.95 bits per heavy atom. The van der Waals surface area contributed by atoms with Gasteiger partial charge in [-0.15, -0.1) is 0 Å². The summed E-state index contributed by atoms with van der Waals surface area (Å²) in [6.45, 7) is 4.18. The molecule has 2 aliphatic heterocycles. The molecule has 2 aliphatic rings. The van der Waals surface area contributed by atoms with E-state index in [9.17, 15) is 0 Å². The van der Waals surface area contributed by atoms with Gasteiger partial charge in [-0.3, -0.25) is 9.88 Å². The van der Waals surface area contributed by atoms with Crippen molar-refractivity contribution in [1.82, 2.24) is 36.1 Å². The Hall–Kier alpha value is -3.15. The minimum atomic E-state index is 0. The van der Waals surface area contributed by atoms with Crippen molar-refractivity contribution in [3.8, 4) is 22.9 Å². The minimum absolute atomic E-state index is 0. The summed E-state index contributed by atoms with van der Waals surface area (Å²) in [7, 11) is 0.128. The zero-order valence-electron chi connectivity index (χ0n) is 22.5. The van der Waals surface area contributed by atoms with Gasteiger partial charge in [0.2, 0.25) is 5.88 Å². The van der Waals surface area contributed by atoms with E-state index in [4.69, 9.17) is 14.5 Å². The summed E-state index contributed by atoms with van der Waals surface area (Å²) < 4.78 is 13.7. The second-order valence-corrected chi connectivity index (χ2v) is 12.1. The van der Waals surface area contributed by atoms with Crippen LogP contribution in [-0.4, -0.2) is 74.3 Å². The highest BCUT2D eigenvalue weighted by molar-refractivity contribution is 8.13. The second-order valence-electron chi connectivity index (χ2n) is 10.1. The SMILES string of the molecule is C=[S@@](C)CCOCn1nccc1-c1ccc(Oc2ccc3nc(CN4C5CCC4CNC5)ccc3c2)nc1.N.[HH]. The van der Waals surface area contributed by atoms with Gasteiger partial charge in [0.1, 0.15) is 12.5 Å². The molecule has 4 N–H and O–H groups in total. The number of pyridine rings is 2. The fourth-order valence-electron chi connectivity index (χ4n) is 5.36. The lowest BCUT2D eigenvalue weighted by molar-refractivity contribution is 0.0824. The van der Waals surface area contributed by atoms with E-state index in [0.29, 0.717) is 31.3 Å². The van der Waals surface area contributed by atoms with E-state index in [0.717, 1.165) is 59.0 Å². The summed E-state index contributed by atoms with van der Waals surface area (Å²) >= 11 is 0. The van der Waals surface area contributed by atoms with Crippen molar-refractivity contribution in [2.75, 3.05) is 31.7 Å². The molecular weight excluding hydrogens is 510 g/mol. The van der Waals surface area contributed by atoms with E-state index in [2.05, 4.69) is 44.6 Å². The van der Waals surface area contributed by atoms with Gasteiger partial charge in [-0.2, -0.15) is 15.6 Å². The van der Waals surface area contributed by atoms with Gasteiger partial charge in [-0.25, -0.2) is 9.67 Å². The molecule has 0 radical (unpaired) electrons. The predicted octanol–water partition coefficient (Wildman–Crippen LogP) is 4.93. The lowest BCUT2D eigenvalue weighted by Crippen LogP contribution is -2.51. The Kier molecular flexibility index (Phi) is 8.69. The van der Waals surface area contributed by atoms with Crippen LogP contribution in [0.2, 0.25) is 0 Å². The van der Waals surface area contributed by atoms with Crippen molar-refractivity contribution in [3.05, 3.63) is 66.6 Å². The molecule has 9 nitrogen and oxygen atoms in total. The van der Waals surface area contributed by atoms with Crippen LogP contribution in [0, 0.1) is 0 Å². The van der Waals surface area contributed by atoms with Gasteiger partial charge in [0.05, 0.1) is 23.5 Å². The zero-order chi connectivity index (χ0) is 25.9. The molecule has 2 bridgehead atoms. The van der Waals surface area contributed by atoms with E-state index in [1.165, 1.54) is 12.8 Å². The maximum atomic E-state index is 6.07. The number of piperazine rings is 1. The molecule has 6 rings (SSSR count). The van der Waals surface area contributed by atoms with Crippen molar-refractivity contribution in [3.63, 3.8) is 0 Å². The Morgan fingerprint density at radius 3 is 2.72 bits per heavy atom. The molecule has 0 saturated carbocycles. The van der Waals surface area contributed by atoms with Gasteiger partial charge < -0.3 is 20.9 Å². The first kappa shape index (κ1) is 27.4. The van der Waals surface area contributed by atoms with Crippen LogP contribution < -0.4 is 16.2 Å². The number of hydrogen-bond acceptors (Lipinski definition) is 8. The van der Waals surface area contributed by atoms with Crippen LogP contribution in [0.15, 0.2) is 60.9 Å². The van der Waals surface area contributed by atoms with Crippen molar-refractivity contribution in [2.45, 2.75) is 38.2 Å². The molecule has 4 aromatic rings. The van der Waals surface area contributed by atoms with E-state index in [1.807, 2.05) is 41.1 Å². The zero-order valence-corrected chi connectivity index (χ0v) is 23.3. The molecule has 0 amide bonds. The standard InChI is InChI=1S/C29H34N6O2S.H3N.H2/c1-38(2)14-13-36-20-35-28(11-12-32-35)22-4-10-29(31-16-22)37-26-8-9-27-21(15-26)3-5-23(33-27)19-34-24-6-7-25(34)18-30-17-24;;/h3-5,8-12,15-16,24-25,30H,1,6-7,13-14,17-20H2,2H3;1H3;1H/t24?,25?,38-;;/m0../s1. The highest BCUT2D eigenvalue weighted by atomic mass is 32.2. The highest BCUT2D eigenvalue weighted by Crippen LogP contribution is 2.30. The summed E-state index contributed by atoms with van der Waals surface area (Å²) in [4.78, 5) is 12.1. The summed E-state index contributed by atoms with van der Waals surface area (Å²) in [5, 5.41) is 9.00. The summed E-state index contributed by atoms with van der Waals surface area (Å²) in [6, 6.07) is 17.4. The van der Waals surface area contributed by atoms with Crippen molar-refractivity contribution < 1.29 is 10.9 Å². The molecule has 39 heavy (non-hydrogen) atoms. The maximum absolute atomic E-state index is 6.07. The summed E-state index contributed by atoms with van der Waals surface area (Å²) in [5.74, 6) is 6.25. The summed E-state index contributed by atoms with van der Waals surface area (Å²) in [5.41, 5.74) is 4.03. The molecule has 3 atom stereocenters. The van der Waals surface area contributed by atoms with Crippen LogP contribution >= 0.6 is 10.5 Å². The molecule has 1 aromatic carbocycles. The van der Waals surface area contributed by atoms with Gasteiger partial charge in [-0.05, 0) is 55.5 Å². The molecule has 0 aliphatic carbocycles. The number of hydrogen-bond donors (Lipinski definition) is 2. The smallest absolute Gasteiger partial charge is 0.219 e. The molecule has 2 unspecified atom stereocenters. The molecule has 208 valence electrons. The number of nitrogens with zero attached hydrogens (tertiary/aromatic N) is 5. The Bertz CT molecular complexity index is 1420. The van der Waals surface area contributed by atoms with Gasteiger partial charge in [-0.1, -0.05) is 11.9 Å². The highest BCUT2D eigenvalue weighted by Gasteiger charge is 2.36. The normalized spacial score (nSPS) is 19.6. The summed E-state index contributed by atoms with van der Waals surface area (Å²) in [6.07, 6.45) is 8.27. The van der Waals surface area contributed by atoms with Crippen LogP contribution in [0.1, 0.15) is 20.0 Å². The minimum Gasteiger partial charge on any atom is -0.439 e. The molecule has 2 fully saturated rings. The van der Waals surface area contributed by atoms with Crippen LogP contribution in [0.4, 0.5) is 0 Å². The van der Waals surface area contributed by atoms with Gasteiger partial charge in [0, 0.05) is 68.3 Å². The first-order valence-corrected chi connectivity index (χ1v) is 15.1. The second kappa shape index (κ2) is 12.4. The molecule has 0 spiro atoms. The lowest BCUT2D eigenvalue weighted by atomic mass is 10.1. The average molecular weight is 550 g/mol. The van der Waals surface area contributed by atoms with Crippen LogP contribution in [0.25, 0.3) is 22.2 Å². The topological polar surface area (TPSA) is 112 Å². The molecule has 5 heterocycles. The van der Waals surface area contributed by atoms with Crippen LogP contribution in [0.3, 0.4) is 0 Å². The number of aromatic nitrogens is 4. The number of fused-ring (bicyclic) bond motifs is 3. The quantitative estimate of drug-likeness (QED) is 0.211. The first-order chi connectivity index (χ1) is 18.6. The van der Waals surface area contributed by atoms with E-state index < -0.39 is 0 Å². The molecular formula is C29H39N7O2S. The monoisotopic (exact) mass is 549 g/mol. The number of benzene rings is 1. The molecule has 10 heteroatoms. The van der Waals surface area contributed by atoms with E-state index in [1.54, 1.807) is 12.4 Å². The van der Waals surface area contributed by atoms with Gasteiger partial charge in [0.15, 0.2) is 0 Å². The lowest BCUT2D eigenvalue weighted by Gasteiger charge is -2.34. The van der Waals surface area contributed by atoms with Crippen molar-refractivity contribution >= 4 is 27.3 Å². The third-order valence-corrected chi connectivity index (χ3v) is 8.22. The Labute approximate surface area is 233 Å². The maximum Gasteiger partial charge on any atom is 0.219 e. The number of nitrogens with one attached hydrogen (secondary N) is 1. The van der Waals surface area contributed by atoms with E-state index >= 15 is 0 Å². The van der Waals surface area contributed by atoms with Gasteiger partial charge >= 0.3 is 0 Å². The molecule has 3 aromatic heterocycles. The largest absolute Gasteiger partial charge is 0.439 e. The fourth-order valence-corrected chi connectivity index (χ4v) is 5.76. The third-order valence-electron chi connectivity index (χ3n) is 7.35. The average Bonchev–Trinajstić information content (AvgIpc) is 3.46. The Morgan fingerprint density at radius 1 is 1.10 bits per heavy atom. The van der Waals surface area contributed by atoms with Crippen molar-refractivity contribution in [1.29, 1.82) is 0 Å². The van der Waals surface area contributed by atoms with Crippen molar-refractivity contribution in [2.24, 2.45) is 0 Å². The number of rotatable bonds is 10. The van der Waals surface area contributed by atoms with Crippen LogP contribution in [0.5, 0.6) is 11.6 Å². The van der Waals surface area contributed by atoms with Gasteiger partial charge in [0.25, 0.3) is 0 Å². The Balaban J connectivity index is 0.00000185.